The van der Waals surface area contributed by atoms with E-state index in [1.807, 2.05) is 6.92 Å². The first-order valence-electron chi connectivity index (χ1n) is 13.1. The molecule has 2 fully saturated rings. The number of nitrogens with zero attached hydrogens (tertiary/aromatic N) is 5. The van der Waals surface area contributed by atoms with E-state index in [2.05, 4.69) is 22.6 Å². The number of fused-ring (bicyclic) bond motifs is 1. The molecule has 208 valence electrons. The smallest absolute Gasteiger partial charge is 0.189 e. The fraction of sp³-hybridized carbons (Fsp3) is 0.680. The van der Waals surface area contributed by atoms with Crippen LogP contribution in [0.1, 0.15) is 45.2 Å². The summed E-state index contributed by atoms with van der Waals surface area (Å²) in [5.74, 6) is -0.109. The van der Waals surface area contributed by atoms with Gasteiger partial charge in [0.1, 0.15) is 12.2 Å². The average molecular weight is 553 g/mol. The normalized spacial score (nSPS) is 34.1. The van der Waals surface area contributed by atoms with E-state index in [4.69, 9.17) is 19.8 Å². The Balaban J connectivity index is 1.34. The van der Waals surface area contributed by atoms with Crippen LogP contribution in [0.25, 0.3) is 0 Å². The molecule has 1 aromatic heterocycles. The molecule has 4 N–H and O–H groups in total. The predicted molar refractivity (Wildman–Crippen MR) is 137 cm³/mol. The van der Waals surface area contributed by atoms with E-state index in [-0.39, 0.29) is 31.7 Å². The van der Waals surface area contributed by atoms with Crippen molar-refractivity contribution in [3.05, 3.63) is 29.5 Å². The van der Waals surface area contributed by atoms with Crippen LogP contribution in [-0.4, -0.2) is 79.7 Å². The number of hydrogen-bond acceptors (Lipinski definition) is 11. The molecule has 38 heavy (non-hydrogen) atoms. The molecular formula is C25H34F2N6O4S. The lowest BCUT2D eigenvalue weighted by molar-refractivity contribution is -0.0655. The number of anilines is 1. The van der Waals surface area contributed by atoms with Gasteiger partial charge in [-0.15, -0.1) is 5.11 Å². The Hall–Kier alpha value is -2.19. The number of hydrogen-bond donors (Lipinski definition) is 4. The molecule has 1 unspecified atom stereocenters. The van der Waals surface area contributed by atoms with Gasteiger partial charge in [0.2, 0.25) is 0 Å². The molecule has 10 nitrogen and oxygen atoms in total. The molecule has 0 aromatic carbocycles. The minimum absolute atomic E-state index is 0.0195. The van der Waals surface area contributed by atoms with Gasteiger partial charge in [-0.25, -0.2) is 18.7 Å². The minimum atomic E-state index is -1.10. The van der Waals surface area contributed by atoms with Crippen molar-refractivity contribution in [2.24, 2.45) is 21.7 Å². The number of ether oxygens (including phenoxy) is 1. The zero-order valence-corrected chi connectivity index (χ0v) is 22.2. The Morgan fingerprint density at radius 1 is 1.21 bits per heavy atom. The highest BCUT2D eigenvalue weighted by Crippen LogP contribution is 2.53. The molecule has 1 aliphatic heterocycles. The highest BCUT2D eigenvalue weighted by Gasteiger charge is 2.51. The molecule has 0 bridgehead atoms. The SMILES string of the molecule is CCCSc1nc2c(c(N[C@@H]3C[C@H]3C3(C)C=C(F)C(F)=CC3)n1)N=NN([C@@H]1C[C@H](OCCO)[C@@H](O)[C@H]1O)C2. The number of rotatable bonds is 10. The van der Waals surface area contributed by atoms with Gasteiger partial charge in [0, 0.05) is 18.2 Å². The summed E-state index contributed by atoms with van der Waals surface area (Å²) in [6.07, 6.45) is 2.39. The van der Waals surface area contributed by atoms with Crippen molar-refractivity contribution < 1.29 is 28.8 Å². The number of aliphatic hydroxyl groups excluding tert-OH is 3. The summed E-state index contributed by atoms with van der Waals surface area (Å²) in [6.45, 7) is 4.18. The van der Waals surface area contributed by atoms with Gasteiger partial charge in [-0.05, 0) is 42.7 Å². The van der Waals surface area contributed by atoms with Gasteiger partial charge in [-0.1, -0.05) is 30.8 Å². The number of allylic oxidation sites excluding steroid dienone is 4. The lowest BCUT2D eigenvalue weighted by Gasteiger charge is -2.30. The van der Waals surface area contributed by atoms with Crippen LogP contribution in [-0.2, 0) is 11.3 Å². The third kappa shape index (κ3) is 5.44. The second kappa shape index (κ2) is 11.1. The van der Waals surface area contributed by atoms with Crippen LogP contribution < -0.4 is 5.32 Å². The lowest BCUT2D eigenvalue weighted by Crippen LogP contribution is -2.41. The molecule has 0 amide bonds. The quantitative estimate of drug-likeness (QED) is 0.254. The highest BCUT2D eigenvalue weighted by atomic mass is 32.2. The van der Waals surface area contributed by atoms with E-state index in [0.29, 0.717) is 35.2 Å². The van der Waals surface area contributed by atoms with Crippen molar-refractivity contribution in [1.82, 2.24) is 15.0 Å². The van der Waals surface area contributed by atoms with Crippen LogP contribution in [0.4, 0.5) is 20.3 Å². The van der Waals surface area contributed by atoms with Crippen LogP contribution in [0.3, 0.4) is 0 Å². The summed E-state index contributed by atoms with van der Waals surface area (Å²) < 4.78 is 33.0. The third-order valence-corrected chi connectivity index (χ3v) is 8.77. The summed E-state index contributed by atoms with van der Waals surface area (Å²) in [7, 11) is 0. The molecule has 0 radical (unpaired) electrons. The molecule has 13 heteroatoms. The standard InChI is InChI=1S/C25H34F2N6O4S/c1-3-8-38-24-29-17-12-33(18-10-19(37-7-6-34)22(36)21(18)35)32-31-20(17)23(30-24)28-16-9-13(16)25(2)5-4-14(26)15(27)11-25/h4,11,13,16,18-19,21-22,34-36H,3,5-10,12H2,1-2H3,(H,28,29,30)/t13-,16-,18-,19+,21+,22-,25?/m1/s1. The Morgan fingerprint density at radius 3 is 2.76 bits per heavy atom. The summed E-state index contributed by atoms with van der Waals surface area (Å²) >= 11 is 1.53. The van der Waals surface area contributed by atoms with Crippen molar-refractivity contribution in [3.8, 4) is 0 Å². The van der Waals surface area contributed by atoms with Crippen molar-refractivity contribution in [3.63, 3.8) is 0 Å². The fourth-order valence-electron chi connectivity index (χ4n) is 5.50. The average Bonchev–Trinajstić information content (AvgIpc) is 3.63. The van der Waals surface area contributed by atoms with Gasteiger partial charge < -0.3 is 25.4 Å². The van der Waals surface area contributed by atoms with Crippen molar-refractivity contribution in [2.75, 3.05) is 24.3 Å². The molecule has 3 aliphatic carbocycles. The Labute approximate surface area is 224 Å². The monoisotopic (exact) mass is 552 g/mol. The zero-order chi connectivity index (χ0) is 27.0. The fourth-order valence-corrected chi connectivity index (χ4v) is 6.22. The molecular weight excluding hydrogens is 518 g/mol. The first kappa shape index (κ1) is 27.4. The maximum atomic E-state index is 14.0. The van der Waals surface area contributed by atoms with Crippen molar-refractivity contribution >= 4 is 23.3 Å². The molecule has 5 rings (SSSR count). The van der Waals surface area contributed by atoms with E-state index >= 15 is 0 Å². The molecule has 0 saturated heterocycles. The van der Waals surface area contributed by atoms with Crippen LogP contribution in [0.2, 0.25) is 0 Å². The second-order valence-corrected chi connectivity index (χ2v) is 11.6. The maximum Gasteiger partial charge on any atom is 0.189 e. The van der Waals surface area contributed by atoms with E-state index in [0.717, 1.165) is 18.6 Å². The molecule has 2 saturated carbocycles. The number of aromatic nitrogens is 2. The van der Waals surface area contributed by atoms with E-state index in [9.17, 15) is 19.0 Å². The van der Waals surface area contributed by atoms with Gasteiger partial charge in [0.15, 0.2) is 28.3 Å². The van der Waals surface area contributed by atoms with Gasteiger partial charge in [0.25, 0.3) is 0 Å². The van der Waals surface area contributed by atoms with Crippen LogP contribution in [0.5, 0.6) is 0 Å². The highest BCUT2D eigenvalue weighted by molar-refractivity contribution is 7.99. The van der Waals surface area contributed by atoms with Crippen molar-refractivity contribution in [1.29, 1.82) is 0 Å². The van der Waals surface area contributed by atoms with E-state index in [1.54, 1.807) is 5.01 Å². The first-order chi connectivity index (χ1) is 18.2. The first-order valence-corrected chi connectivity index (χ1v) is 14.0. The predicted octanol–water partition coefficient (Wildman–Crippen LogP) is 3.58. The largest absolute Gasteiger partial charge is 0.394 e. The lowest BCUT2D eigenvalue weighted by atomic mass is 9.78. The minimum Gasteiger partial charge on any atom is -0.394 e. The summed E-state index contributed by atoms with van der Waals surface area (Å²) in [5, 5.41) is 44.5. The van der Waals surface area contributed by atoms with E-state index in [1.165, 1.54) is 23.9 Å². The van der Waals surface area contributed by atoms with Gasteiger partial charge in [-0.2, -0.15) is 0 Å². The molecule has 1 aromatic rings. The van der Waals surface area contributed by atoms with Gasteiger partial charge in [0.05, 0.1) is 37.6 Å². The molecule has 7 atom stereocenters. The van der Waals surface area contributed by atoms with Crippen molar-refractivity contribution in [2.45, 2.75) is 81.6 Å². The number of thioether (sulfide) groups is 1. The Kier molecular flexibility index (Phi) is 8.01. The molecule has 2 heterocycles. The zero-order valence-electron chi connectivity index (χ0n) is 21.4. The Morgan fingerprint density at radius 2 is 2.03 bits per heavy atom. The van der Waals surface area contributed by atoms with Crippen LogP contribution in [0, 0.1) is 11.3 Å². The Bertz CT molecular complexity index is 1140. The van der Waals surface area contributed by atoms with Crippen LogP contribution >= 0.6 is 11.8 Å². The topological polar surface area (TPSA) is 136 Å². The second-order valence-electron chi connectivity index (χ2n) is 10.5. The molecule has 0 spiro atoms. The maximum absolute atomic E-state index is 14.0. The summed E-state index contributed by atoms with van der Waals surface area (Å²) in [4.78, 5) is 9.42. The van der Waals surface area contributed by atoms with Crippen LogP contribution in [0.15, 0.2) is 39.3 Å². The molecule has 4 aliphatic rings. The summed E-state index contributed by atoms with van der Waals surface area (Å²) in [5.41, 5.74) is 0.668. The number of halogens is 2. The van der Waals surface area contributed by atoms with Gasteiger partial charge in [-0.3, -0.25) is 5.01 Å². The van der Waals surface area contributed by atoms with Gasteiger partial charge >= 0.3 is 0 Å². The van der Waals surface area contributed by atoms with E-state index < -0.39 is 41.4 Å². The number of nitrogens with one attached hydrogen (secondary N) is 1. The number of aliphatic hydroxyl groups is 3. The third-order valence-electron chi connectivity index (χ3n) is 7.71. The summed E-state index contributed by atoms with van der Waals surface area (Å²) in [6, 6.07) is -0.510.